The number of rotatable bonds is 8. The smallest absolute Gasteiger partial charge is 0.316 e. The number of nitrogens with zero attached hydrogens (tertiary/aromatic N) is 1. The van der Waals surface area contributed by atoms with E-state index in [-0.39, 0.29) is 17.3 Å². The molecule has 3 aromatic carbocycles. The summed E-state index contributed by atoms with van der Waals surface area (Å²) in [6.45, 7) is 4.16. The number of hydrogen-bond donors (Lipinski definition) is 1. The summed E-state index contributed by atoms with van der Waals surface area (Å²) in [6.07, 6.45) is 1.63. The summed E-state index contributed by atoms with van der Waals surface area (Å²) in [5.41, 5.74) is 1.79. The highest BCUT2D eigenvalue weighted by atomic mass is 32.2. The van der Waals surface area contributed by atoms with Gasteiger partial charge in [-0.2, -0.15) is 0 Å². The maximum absolute atomic E-state index is 14.7. The van der Waals surface area contributed by atoms with Gasteiger partial charge in [-0.25, -0.2) is 18.2 Å². The molecule has 0 spiro atoms. The maximum atomic E-state index is 14.7. The molecule has 0 aliphatic carbocycles. The minimum atomic E-state index is -1.59. The van der Waals surface area contributed by atoms with Crippen molar-refractivity contribution < 1.29 is 32.0 Å². The zero-order valence-electron chi connectivity index (χ0n) is 23.0. The SMILES string of the molecule is COSc1cccc(C2C(=O)O[C@H](C=Cc3cc4cc(F)c(F)c(F)c4nc3-c3ccc(SC(C)C)cc3)C[C@H]2O)c1. The van der Waals surface area contributed by atoms with Crippen LogP contribution in [0.1, 0.15) is 37.3 Å². The average Bonchev–Trinajstić information content (AvgIpc) is 2.95. The average molecular weight is 612 g/mol. The Morgan fingerprint density at radius 3 is 2.50 bits per heavy atom. The fourth-order valence-corrected chi connectivity index (χ4v) is 6.25. The van der Waals surface area contributed by atoms with Crippen molar-refractivity contribution in [3.63, 3.8) is 0 Å². The third-order valence-electron chi connectivity index (χ3n) is 6.74. The van der Waals surface area contributed by atoms with Crippen LogP contribution in [0.15, 0.2) is 76.5 Å². The number of fused-ring (bicyclic) bond motifs is 1. The van der Waals surface area contributed by atoms with Gasteiger partial charge in [0.15, 0.2) is 17.5 Å². The second-order valence-electron chi connectivity index (χ2n) is 10.1. The minimum Gasteiger partial charge on any atom is -0.457 e. The lowest BCUT2D eigenvalue weighted by molar-refractivity contribution is -0.160. The van der Waals surface area contributed by atoms with E-state index in [1.807, 2.05) is 30.3 Å². The van der Waals surface area contributed by atoms with Gasteiger partial charge >= 0.3 is 5.97 Å². The zero-order chi connectivity index (χ0) is 30.0. The largest absolute Gasteiger partial charge is 0.457 e. The molecule has 42 heavy (non-hydrogen) atoms. The summed E-state index contributed by atoms with van der Waals surface area (Å²) < 4.78 is 53.6. The van der Waals surface area contributed by atoms with Crippen molar-refractivity contribution in [2.24, 2.45) is 0 Å². The predicted molar refractivity (Wildman–Crippen MR) is 160 cm³/mol. The molecule has 1 saturated heterocycles. The summed E-state index contributed by atoms with van der Waals surface area (Å²) >= 11 is 2.83. The van der Waals surface area contributed by atoms with Crippen LogP contribution in [-0.2, 0) is 13.7 Å². The van der Waals surface area contributed by atoms with Gasteiger partial charge < -0.3 is 14.0 Å². The van der Waals surface area contributed by atoms with Gasteiger partial charge in [0.1, 0.15) is 17.5 Å². The first-order valence-electron chi connectivity index (χ1n) is 13.3. The lowest BCUT2D eigenvalue weighted by Gasteiger charge is -2.31. The Bertz CT molecular complexity index is 1650. The molecular weight excluding hydrogens is 583 g/mol. The number of cyclic esters (lactones) is 1. The molecule has 1 fully saturated rings. The van der Waals surface area contributed by atoms with Crippen molar-refractivity contribution in [3.8, 4) is 11.3 Å². The third kappa shape index (κ3) is 6.52. The Hall–Kier alpha value is -3.31. The number of hydrogen-bond acceptors (Lipinski definition) is 7. The number of aliphatic hydroxyl groups excluding tert-OH is 1. The fourth-order valence-electron chi connectivity index (χ4n) is 4.91. The summed E-state index contributed by atoms with van der Waals surface area (Å²) in [7, 11) is 1.54. The second-order valence-corrected chi connectivity index (χ2v) is 12.7. The molecule has 0 radical (unpaired) electrons. The van der Waals surface area contributed by atoms with E-state index in [4.69, 9.17) is 8.92 Å². The number of aromatic nitrogens is 1. The molecule has 0 bridgehead atoms. The Balaban J connectivity index is 1.47. The molecule has 1 N–H and O–H groups in total. The molecule has 218 valence electrons. The van der Waals surface area contributed by atoms with Crippen molar-refractivity contribution in [1.82, 2.24) is 4.98 Å². The highest BCUT2D eigenvalue weighted by molar-refractivity contribution is 7.99. The molecule has 4 aromatic rings. The predicted octanol–water partition coefficient (Wildman–Crippen LogP) is 7.95. The normalized spacial score (nSPS) is 19.1. The highest BCUT2D eigenvalue weighted by Crippen LogP contribution is 2.35. The number of esters is 1. The highest BCUT2D eigenvalue weighted by Gasteiger charge is 2.38. The van der Waals surface area contributed by atoms with Gasteiger partial charge in [-0.1, -0.05) is 44.2 Å². The monoisotopic (exact) mass is 611 g/mol. The van der Waals surface area contributed by atoms with Gasteiger partial charge in [0.05, 0.1) is 18.9 Å². The van der Waals surface area contributed by atoms with E-state index in [0.29, 0.717) is 27.6 Å². The lowest BCUT2D eigenvalue weighted by Crippen LogP contribution is -2.39. The van der Waals surface area contributed by atoms with Crippen molar-refractivity contribution in [2.75, 3.05) is 7.11 Å². The summed E-state index contributed by atoms with van der Waals surface area (Å²) in [6, 6.07) is 17.1. The van der Waals surface area contributed by atoms with Crippen molar-refractivity contribution in [1.29, 1.82) is 0 Å². The maximum Gasteiger partial charge on any atom is 0.316 e. The number of carbonyl (C=O) groups is 1. The van der Waals surface area contributed by atoms with E-state index in [2.05, 4.69) is 18.8 Å². The summed E-state index contributed by atoms with van der Waals surface area (Å²) in [5, 5.41) is 11.4. The first-order chi connectivity index (χ1) is 20.1. The molecule has 3 atom stereocenters. The molecule has 5 nitrogen and oxygen atoms in total. The standard InChI is InChI=1S/C32H28F3NO4S2/c1-17(2)41-23-11-8-18(9-12-23)30-20(13-21-15-25(33)28(34)29(35)31(21)36-30)7-10-22-16-26(37)27(32(38)40-22)19-5-4-6-24(14-19)42-39-3/h4-15,17,22,26-27,37H,16H2,1-3H3/t22-,26-,27?/m1/s1. The van der Waals surface area contributed by atoms with Gasteiger partial charge in [0.25, 0.3) is 0 Å². The van der Waals surface area contributed by atoms with Crippen LogP contribution < -0.4 is 0 Å². The Morgan fingerprint density at radius 1 is 1.05 bits per heavy atom. The van der Waals surface area contributed by atoms with Crippen LogP contribution in [-0.4, -0.2) is 40.6 Å². The van der Waals surface area contributed by atoms with Crippen LogP contribution >= 0.6 is 23.8 Å². The molecule has 1 aliphatic rings. The van der Waals surface area contributed by atoms with Crippen molar-refractivity contribution in [2.45, 2.75) is 53.4 Å². The first kappa shape index (κ1) is 30.2. The second kappa shape index (κ2) is 12.9. The Morgan fingerprint density at radius 2 is 1.81 bits per heavy atom. The Labute approximate surface area is 250 Å². The van der Waals surface area contributed by atoms with E-state index in [1.54, 1.807) is 49.2 Å². The number of carbonyl (C=O) groups excluding carboxylic acids is 1. The molecule has 10 heteroatoms. The fraction of sp³-hybridized carbons (Fsp3) is 0.250. The van der Waals surface area contributed by atoms with Crippen LogP contribution in [0.3, 0.4) is 0 Å². The minimum absolute atomic E-state index is 0.0799. The van der Waals surface area contributed by atoms with E-state index in [0.717, 1.165) is 27.9 Å². The summed E-state index contributed by atoms with van der Waals surface area (Å²) in [4.78, 5) is 19.2. The molecular formula is C32H28F3NO4S2. The zero-order valence-corrected chi connectivity index (χ0v) is 24.6. The van der Waals surface area contributed by atoms with Crippen molar-refractivity contribution in [3.05, 3.63) is 95.3 Å². The topological polar surface area (TPSA) is 68.7 Å². The number of halogens is 3. The Kier molecular flexibility index (Phi) is 9.27. The number of aliphatic hydroxyl groups is 1. The lowest BCUT2D eigenvalue weighted by atomic mass is 9.87. The van der Waals surface area contributed by atoms with Gasteiger partial charge in [0.2, 0.25) is 0 Å². The van der Waals surface area contributed by atoms with Crippen LogP contribution in [0, 0.1) is 17.5 Å². The van der Waals surface area contributed by atoms with Crippen LogP contribution in [0.4, 0.5) is 13.2 Å². The van der Waals surface area contributed by atoms with E-state index >= 15 is 0 Å². The van der Waals surface area contributed by atoms with Gasteiger partial charge in [-0.15, -0.1) is 11.8 Å². The first-order valence-corrected chi connectivity index (χ1v) is 14.9. The number of benzene rings is 3. The van der Waals surface area contributed by atoms with E-state index < -0.39 is 41.5 Å². The van der Waals surface area contributed by atoms with E-state index in [9.17, 15) is 23.1 Å². The number of pyridine rings is 1. The van der Waals surface area contributed by atoms with Crippen LogP contribution in [0.25, 0.3) is 28.2 Å². The quantitative estimate of drug-likeness (QED) is 0.0939. The number of ether oxygens (including phenoxy) is 1. The van der Waals surface area contributed by atoms with Gasteiger partial charge in [-0.05, 0) is 48.0 Å². The van der Waals surface area contributed by atoms with Crippen LogP contribution in [0.2, 0.25) is 0 Å². The molecule has 0 amide bonds. The molecule has 2 heterocycles. The molecule has 1 aromatic heterocycles. The molecule has 0 saturated carbocycles. The van der Waals surface area contributed by atoms with Gasteiger partial charge in [0, 0.05) is 50.0 Å². The summed E-state index contributed by atoms with van der Waals surface area (Å²) in [5.74, 6) is -5.69. The van der Waals surface area contributed by atoms with Crippen LogP contribution in [0.5, 0.6) is 0 Å². The van der Waals surface area contributed by atoms with Crippen molar-refractivity contribution >= 4 is 46.8 Å². The number of thioether (sulfide) groups is 1. The van der Waals surface area contributed by atoms with Gasteiger partial charge in [-0.3, -0.25) is 4.79 Å². The molecule has 1 aliphatic heterocycles. The molecule has 1 unspecified atom stereocenters. The third-order valence-corrected chi connectivity index (χ3v) is 8.37. The van der Waals surface area contributed by atoms with E-state index in [1.165, 1.54) is 6.07 Å². The molecule has 5 rings (SSSR count).